The van der Waals surface area contributed by atoms with Crippen molar-refractivity contribution in [1.82, 2.24) is 0 Å². The molecule has 0 aliphatic rings. The average Bonchev–Trinajstić information content (AvgIpc) is 3.24. The first kappa shape index (κ1) is 117. The molecule has 16 nitrogen and oxygen atoms in total. The number of unbranched alkanes of at least 4 members (excludes halogenated alkanes) is 1. The summed E-state index contributed by atoms with van der Waals surface area (Å²) in [4.78, 5) is 53.3. The third kappa shape index (κ3) is 322. The van der Waals surface area contributed by atoms with Crippen molar-refractivity contribution in [3.63, 3.8) is 0 Å². The molecule has 0 aromatic heterocycles. The van der Waals surface area contributed by atoms with Crippen molar-refractivity contribution in [3.05, 3.63) is 182 Å². The van der Waals surface area contributed by atoms with Gasteiger partial charge in [-0.05, 0) is 39.5 Å². The van der Waals surface area contributed by atoms with Crippen LogP contribution in [-0.4, -0.2) is 68.0 Å². The summed E-state index contributed by atoms with van der Waals surface area (Å²) in [7, 11) is 0. The quantitative estimate of drug-likeness (QED) is 0.0547. The van der Waals surface area contributed by atoms with Crippen LogP contribution in [-0.2, 0) is 14.7 Å². The van der Waals surface area contributed by atoms with Gasteiger partial charge in [0, 0.05) is 29.8 Å². The van der Waals surface area contributed by atoms with Crippen molar-refractivity contribution in [3.8, 4) is 0 Å². The number of hydrogen-bond acceptors (Lipinski definition) is 14. The zero-order valence-corrected chi connectivity index (χ0v) is 35.9. The molecule has 0 aliphatic heterocycles. The third-order valence-corrected chi connectivity index (χ3v) is 3.58. The fourth-order valence-electron chi connectivity index (χ4n) is 1.10. The van der Waals surface area contributed by atoms with E-state index in [-0.39, 0.29) is 52.0 Å². The van der Waals surface area contributed by atoms with Crippen molar-refractivity contribution in [2.75, 3.05) is 6.61 Å². The largest absolute Gasteiger partial charge is 0.412 e. The maximum atomic E-state index is 8.55. The van der Waals surface area contributed by atoms with Gasteiger partial charge in [-0.25, -0.2) is 14.7 Å². The molecule has 366 valence electrons. The van der Waals surface area contributed by atoms with Crippen molar-refractivity contribution in [2.45, 2.75) is 127 Å². The highest BCUT2D eigenvalue weighted by atomic mass is 17.1. The minimum atomic E-state index is -0.537. The van der Waals surface area contributed by atoms with Gasteiger partial charge in [-0.15, -0.1) is 78.9 Å². The van der Waals surface area contributed by atoms with Gasteiger partial charge in [0.2, 0.25) is 0 Å². The lowest BCUT2D eigenvalue weighted by Crippen LogP contribution is -2.03. The predicted octanol–water partition coefficient (Wildman–Crippen LogP) is 12.6. The van der Waals surface area contributed by atoms with E-state index in [0.29, 0.717) is 0 Å². The first-order chi connectivity index (χ1) is 26.4. The van der Waals surface area contributed by atoms with Crippen LogP contribution in [0.1, 0.15) is 103 Å². The van der Waals surface area contributed by atoms with Crippen LogP contribution in [0.15, 0.2) is 152 Å². The van der Waals surface area contributed by atoms with Gasteiger partial charge in [0.25, 0.3) is 0 Å². The lowest BCUT2D eigenvalue weighted by Gasteiger charge is -2.00. The number of hydrogen-bond donors (Lipinski definition) is 5. The summed E-state index contributed by atoms with van der Waals surface area (Å²) in [5.41, 5.74) is 0. The Labute approximate surface area is 366 Å². The summed E-state index contributed by atoms with van der Waals surface area (Å²) in [5, 5.41) is 40.3. The van der Waals surface area contributed by atoms with E-state index in [9.17, 15) is 0 Å². The Balaban J connectivity index is -0.0000000202. The molecule has 0 bridgehead atoms. The molecule has 16 heteroatoms. The van der Waals surface area contributed by atoms with Crippen LogP contribution in [0.4, 0.5) is 0 Å². The molecule has 9 N–H and O–H groups in total. The van der Waals surface area contributed by atoms with E-state index >= 15 is 0 Å². The lowest BCUT2D eigenvalue weighted by molar-refractivity contribution is -0.266. The van der Waals surface area contributed by atoms with Crippen LogP contribution >= 0.6 is 0 Å². The fraction of sp³-hybridized carbons (Fsp3) is 0.455. The molecule has 0 amide bonds. The zero-order chi connectivity index (χ0) is 47.2. The molecule has 0 rings (SSSR count). The number of rotatable bonds is 16. The number of aliphatic hydroxyl groups excluding tert-OH is 2. The average molecular weight is 879 g/mol. The van der Waals surface area contributed by atoms with Crippen LogP contribution in [0.5, 0.6) is 0 Å². The Hall–Kier alpha value is -4.72. The molecule has 0 aromatic rings. The van der Waals surface area contributed by atoms with Crippen molar-refractivity contribution >= 4 is 0 Å². The second-order valence-electron chi connectivity index (χ2n) is 7.79. The smallest absolute Gasteiger partial charge is 0.128 e. The molecule has 0 aliphatic carbocycles. The number of aliphatic hydroxyl groups is 2. The van der Waals surface area contributed by atoms with Gasteiger partial charge >= 0.3 is 0 Å². The second kappa shape index (κ2) is 193. The minimum Gasteiger partial charge on any atom is -0.412 e. The predicted molar refractivity (Wildman–Crippen MR) is 268 cm³/mol. The van der Waals surface area contributed by atoms with Crippen LogP contribution in [0.2, 0.25) is 0 Å². The molecule has 0 spiro atoms. The molecule has 60 heavy (non-hydrogen) atoms. The Morgan fingerprint density at radius 3 is 0.850 bits per heavy atom. The van der Waals surface area contributed by atoms with E-state index < -0.39 is 12.2 Å². The first-order valence-corrected chi connectivity index (χ1v) is 16.4. The van der Waals surface area contributed by atoms with Gasteiger partial charge in [-0.3, -0.25) is 15.8 Å². The molecule has 2 atom stereocenters. The van der Waals surface area contributed by atoms with Gasteiger partial charge in [-0.2, -0.15) is 0 Å². The first-order valence-electron chi connectivity index (χ1n) is 16.4. The summed E-state index contributed by atoms with van der Waals surface area (Å²) in [6.07, 6.45) is 22.7. The van der Waals surface area contributed by atoms with E-state index in [1.54, 1.807) is 18.2 Å². The van der Waals surface area contributed by atoms with Gasteiger partial charge in [-0.1, -0.05) is 136 Å². The van der Waals surface area contributed by atoms with E-state index in [1.165, 1.54) is 42.9 Å². The monoisotopic (exact) mass is 879 g/mol. The molecule has 0 radical (unpaired) electrons. The zero-order valence-electron chi connectivity index (χ0n) is 35.9. The highest BCUT2D eigenvalue weighted by Gasteiger charge is 1.95. The van der Waals surface area contributed by atoms with E-state index in [2.05, 4.69) is 101 Å². The molecule has 0 aromatic carbocycles. The molecule has 0 fully saturated rings. The molecular weight excluding hydrogens is 784 g/mol. The molecule has 2 unspecified atom stereocenters. The Morgan fingerprint density at radius 1 is 0.517 bits per heavy atom. The summed E-state index contributed by atoms with van der Waals surface area (Å²) < 4.78 is 0. The normalized spacial score (nSPS) is 7.30. The Kier molecular flexibility index (Phi) is 376. The highest BCUT2D eigenvalue weighted by molar-refractivity contribution is 4.92. The van der Waals surface area contributed by atoms with Crippen molar-refractivity contribution < 1.29 is 51.6 Å². The van der Waals surface area contributed by atoms with Crippen LogP contribution < -0.4 is 0 Å². The summed E-state index contributed by atoms with van der Waals surface area (Å²) in [5.74, 6) is 0. The highest BCUT2D eigenvalue weighted by Crippen LogP contribution is 1.93. The maximum absolute atomic E-state index is 8.55. The topological polar surface area (TPSA) is 294 Å². The van der Waals surface area contributed by atoms with Crippen LogP contribution in [0.25, 0.3) is 0 Å². The summed E-state index contributed by atoms with van der Waals surface area (Å²) in [6, 6.07) is 0. The molecule has 0 saturated heterocycles. The molecule has 0 heterocycles. The van der Waals surface area contributed by atoms with Crippen LogP contribution in [0.3, 0.4) is 0 Å². The fourth-order valence-corrected chi connectivity index (χ4v) is 1.10. The van der Waals surface area contributed by atoms with E-state index in [4.69, 9.17) is 55.8 Å². The number of allylic oxidation sites excluding steroid dienone is 5. The molecule has 0 saturated carbocycles. The SMILES string of the molecule is C.C.C.C=CC.C=CC.C=CC(C=C)OO.C=CC(CC)OO.C=CC(O)C=C.C=CC(O)CC.C=CCC=C.C=CCCC.C=CCOO.CC.O.O.O=O.O=O.O=O. The minimum absolute atomic E-state index is 0. The summed E-state index contributed by atoms with van der Waals surface area (Å²) >= 11 is 0. The van der Waals surface area contributed by atoms with E-state index in [0.717, 1.165) is 25.7 Å². The van der Waals surface area contributed by atoms with Gasteiger partial charge in [0.1, 0.15) is 12.2 Å². The van der Waals surface area contributed by atoms with Crippen molar-refractivity contribution in [2.24, 2.45) is 0 Å². The lowest BCUT2D eigenvalue weighted by atomic mass is 10.3. The third-order valence-electron chi connectivity index (χ3n) is 3.58. The van der Waals surface area contributed by atoms with Gasteiger partial charge in [0.05, 0.1) is 18.8 Å². The van der Waals surface area contributed by atoms with Gasteiger partial charge < -0.3 is 21.2 Å². The maximum Gasteiger partial charge on any atom is 0.128 e. The Bertz CT molecular complexity index is 688. The Morgan fingerprint density at radius 2 is 0.850 bits per heavy atom. The van der Waals surface area contributed by atoms with Gasteiger partial charge in [0.15, 0.2) is 0 Å². The van der Waals surface area contributed by atoms with Crippen molar-refractivity contribution in [1.29, 1.82) is 0 Å². The summed E-state index contributed by atoms with van der Waals surface area (Å²) in [6.45, 7) is 54.5. The van der Waals surface area contributed by atoms with E-state index in [1.807, 2.05) is 59.8 Å². The second-order valence-corrected chi connectivity index (χ2v) is 7.79. The standard InChI is InChI=1S/C5H10O2.C5H8O2.C5H10O.C5H8O.C5H10.C5H8.C3H6O2.2C3H6.C2H6.3CH4.3O2.2H2O/c2*1-3-5(4-2)7-6;2*1-3-5(6)4-2;2*1-3-5-4-2;1-2-3-5-4;2*1-3-2;1-2;;;;3*1-2;;/h3,5-6H,1,4H2,2H3;3-6H,1-2H2;3,5-6H,1,4H2,2H3;3-6H,1-2H2;3H,1,4-5H2,2H3;3-4H,1-2,5H2;2,4H,1,3H2;2*3H,1H2,2H3;1-2H3;3*1H4;;;;2*1H2. The van der Waals surface area contributed by atoms with Crippen LogP contribution in [0, 0.1) is 29.8 Å². The molecular formula is C44H94O16.